The third-order valence-electron chi connectivity index (χ3n) is 3.88. The number of H-pyrrole nitrogens is 1. The molecular formula is C18H18N2O2. The van der Waals surface area contributed by atoms with Crippen molar-refractivity contribution in [2.24, 2.45) is 0 Å². The summed E-state index contributed by atoms with van der Waals surface area (Å²) in [4.78, 5) is 15.0. The summed E-state index contributed by atoms with van der Waals surface area (Å²) < 4.78 is 0. The molecule has 0 bridgehead atoms. The lowest BCUT2D eigenvalue weighted by molar-refractivity contribution is -0.139. The number of aliphatic carboxylic acids is 1. The number of nitrogens with one attached hydrogen (secondary N) is 2. The van der Waals surface area contributed by atoms with Gasteiger partial charge in [0, 0.05) is 28.6 Å². The Hall–Kier alpha value is -2.59. The predicted molar refractivity (Wildman–Crippen MR) is 87.0 cm³/mol. The fourth-order valence-corrected chi connectivity index (χ4v) is 2.88. The van der Waals surface area contributed by atoms with E-state index < -0.39 is 12.0 Å². The van der Waals surface area contributed by atoms with Gasteiger partial charge in [0.05, 0.1) is 0 Å². The van der Waals surface area contributed by atoms with E-state index in [-0.39, 0.29) is 0 Å². The Morgan fingerprint density at radius 3 is 2.50 bits per heavy atom. The number of benzene rings is 2. The molecule has 0 fully saturated rings. The molecule has 1 aromatic heterocycles. The standard InChI is InChI=1S/C18H18N2O2/c1-19-17(18(21)22)16-13-9-5-6-10-14(13)20-15(16)11-12-7-3-2-4-8-12/h2-10,17,19-20H,11H2,1H3,(H,21,22). The van der Waals surface area contributed by atoms with E-state index in [4.69, 9.17) is 0 Å². The predicted octanol–water partition coefficient (Wildman–Crippen LogP) is 3.10. The Morgan fingerprint density at radius 1 is 1.14 bits per heavy atom. The van der Waals surface area contributed by atoms with Crippen LogP contribution in [0.15, 0.2) is 54.6 Å². The van der Waals surface area contributed by atoms with E-state index in [1.165, 1.54) is 0 Å². The Balaban J connectivity index is 2.14. The van der Waals surface area contributed by atoms with Crippen LogP contribution in [0.5, 0.6) is 0 Å². The highest BCUT2D eigenvalue weighted by atomic mass is 16.4. The van der Waals surface area contributed by atoms with Gasteiger partial charge in [0.25, 0.3) is 0 Å². The molecule has 3 rings (SSSR count). The van der Waals surface area contributed by atoms with Gasteiger partial charge in [-0.1, -0.05) is 48.5 Å². The molecule has 4 heteroatoms. The molecule has 112 valence electrons. The highest BCUT2D eigenvalue weighted by molar-refractivity contribution is 5.90. The summed E-state index contributed by atoms with van der Waals surface area (Å²) in [6.45, 7) is 0. The van der Waals surface area contributed by atoms with Gasteiger partial charge in [-0.2, -0.15) is 0 Å². The van der Waals surface area contributed by atoms with Crippen molar-refractivity contribution >= 4 is 16.9 Å². The van der Waals surface area contributed by atoms with Crippen molar-refractivity contribution in [3.8, 4) is 0 Å². The number of carboxylic acid groups (broad SMARTS) is 1. The molecule has 22 heavy (non-hydrogen) atoms. The molecule has 1 unspecified atom stereocenters. The monoisotopic (exact) mass is 294 g/mol. The number of para-hydroxylation sites is 1. The van der Waals surface area contributed by atoms with Crippen LogP contribution in [0, 0.1) is 0 Å². The minimum atomic E-state index is -0.874. The molecule has 3 N–H and O–H groups in total. The van der Waals surface area contributed by atoms with Crippen LogP contribution in [0.1, 0.15) is 22.9 Å². The van der Waals surface area contributed by atoms with E-state index in [0.717, 1.165) is 27.7 Å². The Bertz CT molecular complexity index is 793. The summed E-state index contributed by atoms with van der Waals surface area (Å²) in [7, 11) is 1.67. The maximum atomic E-state index is 11.6. The Morgan fingerprint density at radius 2 is 1.82 bits per heavy atom. The van der Waals surface area contributed by atoms with Gasteiger partial charge in [0.15, 0.2) is 0 Å². The van der Waals surface area contributed by atoms with E-state index in [1.807, 2.05) is 54.6 Å². The first-order chi connectivity index (χ1) is 10.7. The summed E-state index contributed by atoms with van der Waals surface area (Å²) in [5, 5.41) is 13.4. The molecule has 2 aromatic carbocycles. The third-order valence-corrected chi connectivity index (χ3v) is 3.88. The highest BCUT2D eigenvalue weighted by Gasteiger charge is 2.25. The molecule has 0 aliphatic carbocycles. The number of aromatic nitrogens is 1. The van der Waals surface area contributed by atoms with Crippen molar-refractivity contribution in [1.82, 2.24) is 10.3 Å². The molecule has 0 aliphatic rings. The first-order valence-electron chi connectivity index (χ1n) is 7.24. The molecule has 3 aromatic rings. The molecule has 0 radical (unpaired) electrons. The SMILES string of the molecule is CNC(C(=O)O)c1c(Cc2ccccc2)[nH]c2ccccc12. The van der Waals surface area contributed by atoms with E-state index in [9.17, 15) is 9.90 Å². The summed E-state index contributed by atoms with van der Waals surface area (Å²) in [5.41, 5.74) is 3.86. The van der Waals surface area contributed by atoms with E-state index >= 15 is 0 Å². The quantitative estimate of drug-likeness (QED) is 0.677. The second kappa shape index (κ2) is 6.03. The minimum absolute atomic E-state index is 0.677. The second-order valence-electron chi connectivity index (χ2n) is 5.29. The van der Waals surface area contributed by atoms with Crippen LogP contribution >= 0.6 is 0 Å². The van der Waals surface area contributed by atoms with Crippen LogP contribution in [0.2, 0.25) is 0 Å². The highest BCUT2D eigenvalue weighted by Crippen LogP contribution is 2.29. The average Bonchev–Trinajstić information content (AvgIpc) is 2.87. The van der Waals surface area contributed by atoms with Gasteiger partial charge in [0.1, 0.15) is 6.04 Å². The molecule has 0 amide bonds. The lowest BCUT2D eigenvalue weighted by atomic mass is 9.99. The lowest BCUT2D eigenvalue weighted by Crippen LogP contribution is -2.25. The van der Waals surface area contributed by atoms with E-state index in [0.29, 0.717) is 6.42 Å². The number of likely N-dealkylation sites (N-methyl/N-ethyl adjacent to an activating group) is 1. The molecule has 1 atom stereocenters. The van der Waals surface area contributed by atoms with Gasteiger partial charge >= 0.3 is 5.97 Å². The summed E-state index contributed by atoms with van der Waals surface area (Å²) in [5.74, 6) is -0.874. The number of hydrogen-bond acceptors (Lipinski definition) is 2. The van der Waals surface area contributed by atoms with Gasteiger partial charge in [0.2, 0.25) is 0 Å². The van der Waals surface area contributed by atoms with Crippen LogP contribution in [0.25, 0.3) is 10.9 Å². The number of rotatable bonds is 5. The fourth-order valence-electron chi connectivity index (χ4n) is 2.88. The first kappa shape index (κ1) is 14.4. The van der Waals surface area contributed by atoms with Crippen LogP contribution in [0.4, 0.5) is 0 Å². The van der Waals surface area contributed by atoms with E-state index in [2.05, 4.69) is 10.3 Å². The molecule has 0 saturated heterocycles. The summed E-state index contributed by atoms with van der Waals surface area (Å²) in [6.07, 6.45) is 0.677. The van der Waals surface area contributed by atoms with Gasteiger partial charge in [-0.3, -0.25) is 4.79 Å². The Labute approximate surface area is 128 Å². The normalized spacial score (nSPS) is 12.4. The smallest absolute Gasteiger partial charge is 0.325 e. The fraction of sp³-hybridized carbons (Fsp3) is 0.167. The topological polar surface area (TPSA) is 65.1 Å². The van der Waals surface area contributed by atoms with Gasteiger partial charge in [-0.15, -0.1) is 0 Å². The van der Waals surface area contributed by atoms with Crippen LogP contribution < -0.4 is 5.32 Å². The maximum Gasteiger partial charge on any atom is 0.325 e. The van der Waals surface area contributed by atoms with Crippen molar-refractivity contribution < 1.29 is 9.90 Å². The largest absolute Gasteiger partial charge is 0.480 e. The zero-order valence-electron chi connectivity index (χ0n) is 12.3. The third kappa shape index (κ3) is 2.61. The minimum Gasteiger partial charge on any atom is -0.480 e. The van der Waals surface area contributed by atoms with Crippen LogP contribution in [0.3, 0.4) is 0 Å². The molecule has 1 heterocycles. The second-order valence-corrected chi connectivity index (χ2v) is 5.29. The summed E-state index contributed by atoms with van der Waals surface area (Å²) >= 11 is 0. The van der Waals surface area contributed by atoms with Gasteiger partial charge < -0.3 is 15.4 Å². The van der Waals surface area contributed by atoms with Gasteiger partial charge in [-0.05, 0) is 18.7 Å². The molecule has 0 spiro atoms. The first-order valence-corrected chi connectivity index (χ1v) is 7.24. The zero-order valence-corrected chi connectivity index (χ0v) is 12.3. The maximum absolute atomic E-state index is 11.6. The number of carboxylic acids is 1. The Kier molecular flexibility index (Phi) is 3.94. The molecular weight excluding hydrogens is 276 g/mol. The van der Waals surface area contributed by atoms with Crippen LogP contribution in [-0.4, -0.2) is 23.1 Å². The van der Waals surface area contributed by atoms with Gasteiger partial charge in [-0.25, -0.2) is 0 Å². The van der Waals surface area contributed by atoms with Crippen molar-refractivity contribution in [2.75, 3.05) is 7.05 Å². The summed E-state index contributed by atoms with van der Waals surface area (Å²) in [6, 6.07) is 17.1. The molecule has 0 aliphatic heterocycles. The van der Waals surface area contributed by atoms with Crippen molar-refractivity contribution in [2.45, 2.75) is 12.5 Å². The number of carbonyl (C=O) groups is 1. The molecule has 4 nitrogen and oxygen atoms in total. The number of aromatic amines is 1. The van der Waals surface area contributed by atoms with Crippen molar-refractivity contribution in [3.63, 3.8) is 0 Å². The van der Waals surface area contributed by atoms with E-state index in [1.54, 1.807) is 7.05 Å². The number of hydrogen-bond donors (Lipinski definition) is 3. The zero-order chi connectivity index (χ0) is 15.5. The van der Waals surface area contributed by atoms with Crippen LogP contribution in [-0.2, 0) is 11.2 Å². The molecule has 0 saturated carbocycles. The van der Waals surface area contributed by atoms with Crippen molar-refractivity contribution in [3.05, 3.63) is 71.4 Å². The number of fused-ring (bicyclic) bond motifs is 1. The van der Waals surface area contributed by atoms with Crippen molar-refractivity contribution in [1.29, 1.82) is 0 Å². The average molecular weight is 294 g/mol. The lowest BCUT2D eigenvalue weighted by Gasteiger charge is -2.13.